The first kappa shape index (κ1) is 14.3. The van der Waals surface area contributed by atoms with Crippen LogP contribution in [0.5, 0.6) is 0 Å². The van der Waals surface area contributed by atoms with Gasteiger partial charge in [-0.25, -0.2) is 0 Å². The molecular weight excluding hydrogens is 252 g/mol. The Morgan fingerprint density at radius 3 is 2.71 bits per heavy atom. The lowest BCUT2D eigenvalue weighted by molar-refractivity contribution is 0.302. The van der Waals surface area contributed by atoms with Gasteiger partial charge in [-0.3, -0.25) is 0 Å². The summed E-state index contributed by atoms with van der Waals surface area (Å²) in [6.45, 7) is 3.57. The standard InChI is InChI=1S/C12H18N2OS2/c1-3-14(7-8-15)9-5-4-6-10(17-2)11(9)12(13)16/h4-6,15H,3,7-8H2,1-2H3,(H2,13,16). The molecule has 1 aromatic rings. The highest BCUT2D eigenvalue weighted by molar-refractivity contribution is 7.98. The molecule has 0 spiro atoms. The Bertz CT molecular complexity index is 396. The number of thiocarbonyl (C=S) groups is 1. The van der Waals surface area contributed by atoms with Crippen molar-refractivity contribution >= 4 is 34.7 Å². The highest BCUT2D eigenvalue weighted by Gasteiger charge is 2.14. The second-order valence-electron chi connectivity index (χ2n) is 3.52. The number of aliphatic hydroxyl groups excluding tert-OH is 1. The molecular formula is C12H18N2OS2. The van der Waals surface area contributed by atoms with Crippen LogP contribution in [0.15, 0.2) is 23.1 Å². The number of hydrogen-bond acceptors (Lipinski definition) is 4. The zero-order valence-corrected chi connectivity index (χ0v) is 11.8. The van der Waals surface area contributed by atoms with Crippen molar-refractivity contribution in [3.05, 3.63) is 23.8 Å². The van der Waals surface area contributed by atoms with E-state index in [9.17, 15) is 0 Å². The number of aliphatic hydroxyl groups is 1. The van der Waals surface area contributed by atoms with Crippen LogP contribution in [0.1, 0.15) is 12.5 Å². The van der Waals surface area contributed by atoms with Crippen molar-refractivity contribution in [1.82, 2.24) is 0 Å². The average Bonchev–Trinajstić information content (AvgIpc) is 2.34. The molecule has 5 heteroatoms. The topological polar surface area (TPSA) is 49.5 Å². The molecule has 0 atom stereocenters. The Kier molecular flexibility index (Phi) is 5.74. The van der Waals surface area contributed by atoms with Gasteiger partial charge in [-0.1, -0.05) is 18.3 Å². The Morgan fingerprint density at radius 1 is 1.53 bits per heavy atom. The summed E-state index contributed by atoms with van der Waals surface area (Å²) >= 11 is 6.76. The zero-order chi connectivity index (χ0) is 12.8. The number of hydrogen-bond donors (Lipinski definition) is 2. The predicted molar refractivity (Wildman–Crippen MR) is 79.1 cm³/mol. The van der Waals surface area contributed by atoms with Crippen molar-refractivity contribution in [3.63, 3.8) is 0 Å². The smallest absolute Gasteiger partial charge is 0.107 e. The lowest BCUT2D eigenvalue weighted by Crippen LogP contribution is -2.29. The van der Waals surface area contributed by atoms with E-state index in [1.807, 2.05) is 31.4 Å². The molecule has 1 aromatic carbocycles. The summed E-state index contributed by atoms with van der Waals surface area (Å²) in [5, 5.41) is 9.07. The maximum Gasteiger partial charge on any atom is 0.107 e. The third-order valence-corrected chi connectivity index (χ3v) is 3.55. The molecule has 0 radical (unpaired) electrons. The van der Waals surface area contributed by atoms with E-state index >= 15 is 0 Å². The summed E-state index contributed by atoms with van der Waals surface area (Å²) in [5.74, 6) is 0. The number of thioether (sulfide) groups is 1. The first-order valence-electron chi connectivity index (χ1n) is 5.48. The van der Waals surface area contributed by atoms with Gasteiger partial charge in [0.05, 0.1) is 6.61 Å². The van der Waals surface area contributed by atoms with Gasteiger partial charge in [-0.15, -0.1) is 11.8 Å². The molecule has 3 N–H and O–H groups in total. The summed E-state index contributed by atoms with van der Waals surface area (Å²) in [6.07, 6.45) is 2.00. The van der Waals surface area contributed by atoms with Crippen molar-refractivity contribution in [2.75, 3.05) is 30.9 Å². The van der Waals surface area contributed by atoms with Crippen molar-refractivity contribution in [1.29, 1.82) is 0 Å². The van der Waals surface area contributed by atoms with E-state index in [1.165, 1.54) is 0 Å². The van der Waals surface area contributed by atoms with Crippen LogP contribution in [0.25, 0.3) is 0 Å². The molecule has 94 valence electrons. The fourth-order valence-corrected chi connectivity index (χ4v) is 2.68. The number of rotatable bonds is 6. The van der Waals surface area contributed by atoms with Crippen LogP contribution >= 0.6 is 24.0 Å². The van der Waals surface area contributed by atoms with Gasteiger partial charge in [0, 0.05) is 29.2 Å². The van der Waals surface area contributed by atoms with E-state index in [4.69, 9.17) is 23.1 Å². The minimum absolute atomic E-state index is 0.119. The molecule has 0 amide bonds. The quantitative estimate of drug-likeness (QED) is 0.610. The second-order valence-corrected chi connectivity index (χ2v) is 4.81. The molecule has 0 saturated heterocycles. The predicted octanol–water partition coefficient (Wildman–Crippen LogP) is 1.86. The molecule has 0 bridgehead atoms. The van der Waals surface area contributed by atoms with Gasteiger partial charge >= 0.3 is 0 Å². The number of likely N-dealkylation sites (N-methyl/N-ethyl adjacent to an activating group) is 1. The molecule has 0 heterocycles. The van der Waals surface area contributed by atoms with Crippen molar-refractivity contribution in [2.45, 2.75) is 11.8 Å². The molecule has 0 saturated carbocycles. The summed E-state index contributed by atoms with van der Waals surface area (Å²) in [4.78, 5) is 3.56. The lowest BCUT2D eigenvalue weighted by atomic mass is 10.1. The van der Waals surface area contributed by atoms with E-state index in [0.717, 1.165) is 22.7 Å². The maximum atomic E-state index is 9.07. The molecule has 0 fully saturated rings. The van der Waals surface area contributed by atoms with Crippen molar-refractivity contribution in [3.8, 4) is 0 Å². The van der Waals surface area contributed by atoms with E-state index < -0.39 is 0 Å². The minimum Gasteiger partial charge on any atom is -0.395 e. The zero-order valence-electron chi connectivity index (χ0n) is 10.1. The molecule has 17 heavy (non-hydrogen) atoms. The number of nitrogens with two attached hydrogens (primary N) is 1. The maximum absolute atomic E-state index is 9.07. The fraction of sp³-hybridized carbons (Fsp3) is 0.417. The van der Waals surface area contributed by atoms with E-state index in [0.29, 0.717) is 11.5 Å². The summed E-state index contributed by atoms with van der Waals surface area (Å²) in [5.41, 5.74) is 7.72. The van der Waals surface area contributed by atoms with Gasteiger partial charge in [0.2, 0.25) is 0 Å². The van der Waals surface area contributed by atoms with E-state index in [2.05, 4.69) is 4.90 Å². The molecule has 0 aromatic heterocycles. The van der Waals surface area contributed by atoms with E-state index in [1.54, 1.807) is 11.8 Å². The summed E-state index contributed by atoms with van der Waals surface area (Å²) in [7, 11) is 0. The average molecular weight is 270 g/mol. The van der Waals surface area contributed by atoms with Crippen molar-refractivity contribution < 1.29 is 5.11 Å². The first-order valence-corrected chi connectivity index (χ1v) is 7.11. The molecule has 0 unspecified atom stereocenters. The van der Waals surface area contributed by atoms with E-state index in [-0.39, 0.29) is 6.61 Å². The SMILES string of the molecule is CCN(CCO)c1cccc(SC)c1C(N)=S. The van der Waals surface area contributed by atoms with Crippen molar-refractivity contribution in [2.24, 2.45) is 5.73 Å². The molecule has 0 aliphatic heterocycles. The van der Waals surface area contributed by atoms with Gasteiger partial charge in [-0.2, -0.15) is 0 Å². The van der Waals surface area contributed by atoms with Crippen LogP contribution in [-0.4, -0.2) is 36.0 Å². The fourth-order valence-electron chi connectivity index (χ4n) is 1.77. The highest BCUT2D eigenvalue weighted by Crippen LogP contribution is 2.29. The lowest BCUT2D eigenvalue weighted by Gasteiger charge is -2.25. The van der Waals surface area contributed by atoms with Crippen LogP contribution in [0.4, 0.5) is 5.69 Å². The normalized spacial score (nSPS) is 10.3. The van der Waals surface area contributed by atoms with Crippen LogP contribution in [-0.2, 0) is 0 Å². The van der Waals surface area contributed by atoms with Crippen LogP contribution < -0.4 is 10.6 Å². The molecule has 1 rings (SSSR count). The number of nitrogens with zero attached hydrogens (tertiary/aromatic N) is 1. The first-order chi connectivity index (χ1) is 8.15. The monoisotopic (exact) mass is 270 g/mol. The third kappa shape index (κ3) is 3.34. The molecule has 0 aliphatic carbocycles. The number of anilines is 1. The summed E-state index contributed by atoms with van der Waals surface area (Å²) in [6, 6.07) is 5.99. The second kappa shape index (κ2) is 6.83. The van der Waals surface area contributed by atoms with Gasteiger partial charge < -0.3 is 15.7 Å². The Hall–Kier alpha value is -0.780. The van der Waals surface area contributed by atoms with Crippen LogP contribution in [0.3, 0.4) is 0 Å². The van der Waals surface area contributed by atoms with Gasteiger partial charge in [-0.05, 0) is 25.3 Å². The van der Waals surface area contributed by atoms with Crippen LogP contribution in [0.2, 0.25) is 0 Å². The Balaban J connectivity index is 3.25. The van der Waals surface area contributed by atoms with Crippen LogP contribution in [0, 0.1) is 0 Å². The highest BCUT2D eigenvalue weighted by atomic mass is 32.2. The van der Waals surface area contributed by atoms with Gasteiger partial charge in [0.1, 0.15) is 4.99 Å². The van der Waals surface area contributed by atoms with Gasteiger partial charge in [0.25, 0.3) is 0 Å². The minimum atomic E-state index is 0.119. The molecule has 3 nitrogen and oxygen atoms in total. The van der Waals surface area contributed by atoms with Gasteiger partial charge in [0.15, 0.2) is 0 Å². The Labute approximate surface area is 112 Å². The third-order valence-electron chi connectivity index (χ3n) is 2.56. The Morgan fingerprint density at radius 2 is 2.24 bits per heavy atom. The molecule has 0 aliphatic rings. The number of benzene rings is 1. The summed E-state index contributed by atoms with van der Waals surface area (Å²) < 4.78 is 0. The largest absolute Gasteiger partial charge is 0.395 e.